The number of rotatable bonds is 5. The summed E-state index contributed by atoms with van der Waals surface area (Å²) in [5.74, 6) is -0.0894. The van der Waals surface area contributed by atoms with Crippen molar-refractivity contribution in [2.45, 2.75) is 50.1 Å². The number of amidine groups is 1. The van der Waals surface area contributed by atoms with Crippen molar-refractivity contribution in [2.24, 2.45) is 15.9 Å². The molecule has 0 spiro atoms. The average molecular weight is 567 g/mol. The van der Waals surface area contributed by atoms with Crippen molar-refractivity contribution in [3.63, 3.8) is 0 Å². The van der Waals surface area contributed by atoms with Crippen LogP contribution in [0.4, 0.5) is 18.9 Å². The van der Waals surface area contributed by atoms with Crippen molar-refractivity contribution < 1.29 is 27.2 Å². The van der Waals surface area contributed by atoms with Gasteiger partial charge in [-0.05, 0) is 43.9 Å². The van der Waals surface area contributed by atoms with E-state index in [9.17, 15) is 17.7 Å². The molecular weight excluding hydrogens is 532 g/mol. The second-order valence-electron chi connectivity index (χ2n) is 10.8. The Morgan fingerprint density at radius 2 is 1.90 bits per heavy atom. The normalized spacial score (nSPS) is 27.5. The standard InChI is InChI=1S/C26H34F3N6O3P/c1-37-21-14-18(39(36)12-8-35(9-13-39)17-6-10-38-11-7-17)4-5-20(21)32-25-33-23-22(19(15-30-23)26(27,28)29)24(34-25)31-16-2-3-16/h4-5,14-17,22-23,30H,2-3,6-13H2,1H3,(H2,31,32,33,34). The number of hydrogen-bond donors (Lipinski definition) is 3. The van der Waals surface area contributed by atoms with Gasteiger partial charge in [-0.3, -0.25) is 4.90 Å². The van der Waals surface area contributed by atoms with Gasteiger partial charge in [0.1, 0.15) is 24.9 Å². The van der Waals surface area contributed by atoms with Gasteiger partial charge in [0.05, 0.1) is 24.3 Å². The van der Waals surface area contributed by atoms with Crippen LogP contribution in [0.3, 0.4) is 0 Å². The van der Waals surface area contributed by atoms with Gasteiger partial charge in [-0.25, -0.2) is 4.99 Å². The van der Waals surface area contributed by atoms with Crippen molar-refractivity contribution in [1.29, 1.82) is 0 Å². The Labute approximate surface area is 225 Å². The van der Waals surface area contributed by atoms with E-state index >= 15 is 0 Å². The predicted octanol–water partition coefficient (Wildman–Crippen LogP) is 3.10. The van der Waals surface area contributed by atoms with Crippen LogP contribution >= 0.6 is 7.14 Å². The van der Waals surface area contributed by atoms with E-state index in [0.29, 0.717) is 29.8 Å². The lowest BCUT2D eigenvalue weighted by Crippen LogP contribution is -2.46. The van der Waals surface area contributed by atoms with E-state index in [1.165, 1.54) is 7.11 Å². The SMILES string of the molecule is COc1cc(P2(=O)CCN(C3CCOCC3)CC2)ccc1NC1=NC2NC=C(C(F)(F)F)C2C(NC2CC2)=N1. The third kappa shape index (κ3) is 5.56. The van der Waals surface area contributed by atoms with Crippen LogP contribution in [-0.2, 0) is 9.30 Å². The van der Waals surface area contributed by atoms with Crippen LogP contribution in [0.1, 0.15) is 25.7 Å². The van der Waals surface area contributed by atoms with Gasteiger partial charge in [-0.2, -0.15) is 18.2 Å². The van der Waals surface area contributed by atoms with Gasteiger partial charge in [0.15, 0.2) is 0 Å². The third-order valence-corrected chi connectivity index (χ3v) is 11.3. The van der Waals surface area contributed by atoms with Crippen molar-refractivity contribution in [3.8, 4) is 5.75 Å². The molecule has 1 aliphatic carbocycles. The molecule has 3 fully saturated rings. The summed E-state index contributed by atoms with van der Waals surface area (Å²) < 4.78 is 66.0. The maximum absolute atomic E-state index is 13.9. The van der Waals surface area contributed by atoms with Crippen LogP contribution in [0.15, 0.2) is 40.0 Å². The molecule has 13 heteroatoms. The highest BCUT2D eigenvalue weighted by molar-refractivity contribution is 7.71. The summed E-state index contributed by atoms with van der Waals surface area (Å²) in [5, 5.41) is 9.82. The minimum atomic E-state index is -4.48. The minimum Gasteiger partial charge on any atom is -0.495 e. The van der Waals surface area contributed by atoms with Crippen LogP contribution in [0, 0.1) is 5.92 Å². The molecule has 0 bridgehead atoms. The maximum Gasteiger partial charge on any atom is 0.414 e. The van der Waals surface area contributed by atoms with Crippen molar-refractivity contribution in [1.82, 2.24) is 15.5 Å². The largest absolute Gasteiger partial charge is 0.495 e. The number of halogens is 3. The number of anilines is 1. The van der Waals surface area contributed by atoms with Crippen molar-refractivity contribution in [3.05, 3.63) is 30.0 Å². The summed E-state index contributed by atoms with van der Waals surface area (Å²) in [6.45, 7) is 3.18. The van der Waals surface area contributed by atoms with Gasteiger partial charge in [-0.15, -0.1) is 0 Å². The van der Waals surface area contributed by atoms with Crippen molar-refractivity contribution in [2.75, 3.05) is 51.1 Å². The first-order valence-electron chi connectivity index (χ1n) is 13.6. The van der Waals surface area contributed by atoms with Crippen LogP contribution in [0.2, 0.25) is 0 Å². The molecule has 4 aliphatic heterocycles. The lowest BCUT2D eigenvalue weighted by molar-refractivity contribution is -0.0959. The van der Waals surface area contributed by atoms with E-state index in [1.54, 1.807) is 6.07 Å². The zero-order chi connectivity index (χ0) is 27.2. The molecule has 1 aromatic carbocycles. The van der Waals surface area contributed by atoms with Gasteiger partial charge in [0, 0.05) is 62.2 Å². The Kier molecular flexibility index (Phi) is 7.14. The lowest BCUT2D eigenvalue weighted by Gasteiger charge is -2.39. The number of nitrogens with zero attached hydrogens (tertiary/aromatic N) is 3. The van der Waals surface area contributed by atoms with E-state index in [4.69, 9.17) is 9.47 Å². The molecule has 3 N–H and O–H groups in total. The highest BCUT2D eigenvalue weighted by Crippen LogP contribution is 2.48. The molecule has 39 heavy (non-hydrogen) atoms. The molecule has 1 saturated carbocycles. The van der Waals surface area contributed by atoms with Crippen LogP contribution < -0.4 is 26.0 Å². The Morgan fingerprint density at radius 1 is 1.15 bits per heavy atom. The van der Waals surface area contributed by atoms with E-state index in [-0.39, 0.29) is 17.8 Å². The van der Waals surface area contributed by atoms with E-state index < -0.39 is 31.0 Å². The first-order chi connectivity index (χ1) is 18.7. The molecule has 0 aromatic heterocycles. The van der Waals surface area contributed by atoms with E-state index in [1.807, 2.05) is 12.1 Å². The molecule has 0 amide bonds. The minimum absolute atomic E-state index is 0.128. The number of aliphatic imine (C=N–C) groups is 2. The molecule has 5 aliphatic rings. The number of methoxy groups -OCH3 is 1. The monoisotopic (exact) mass is 566 g/mol. The number of alkyl halides is 3. The molecule has 2 atom stereocenters. The van der Waals surface area contributed by atoms with E-state index in [0.717, 1.165) is 63.5 Å². The molecule has 2 saturated heterocycles. The number of hydrogen-bond acceptors (Lipinski definition) is 9. The molecule has 2 unspecified atom stereocenters. The highest BCUT2D eigenvalue weighted by Gasteiger charge is 2.49. The highest BCUT2D eigenvalue weighted by atomic mass is 31.2. The summed E-state index contributed by atoms with van der Waals surface area (Å²) in [7, 11) is -1.05. The Hall–Kier alpha value is -2.56. The summed E-state index contributed by atoms with van der Waals surface area (Å²) in [4.78, 5) is 11.3. The molecule has 0 radical (unpaired) electrons. The number of ether oxygens (including phenoxy) is 2. The summed E-state index contributed by atoms with van der Waals surface area (Å²) in [6.07, 6.45) is 0.787. The number of benzene rings is 1. The first kappa shape index (κ1) is 26.7. The van der Waals surface area contributed by atoms with Gasteiger partial charge < -0.3 is 30.0 Å². The second kappa shape index (κ2) is 10.4. The molecular formula is C26H34F3N6O3P. The molecule has 1 aromatic rings. The topological polar surface area (TPSA) is 99.6 Å². The quantitative estimate of drug-likeness (QED) is 0.471. The fourth-order valence-corrected chi connectivity index (χ4v) is 8.39. The summed E-state index contributed by atoms with van der Waals surface area (Å²) in [5.41, 5.74) is -0.126. The first-order valence-corrected chi connectivity index (χ1v) is 15.6. The zero-order valence-electron chi connectivity index (χ0n) is 21.8. The van der Waals surface area contributed by atoms with Gasteiger partial charge in [-0.1, -0.05) is 0 Å². The fourth-order valence-electron chi connectivity index (χ4n) is 5.80. The van der Waals surface area contributed by atoms with Crippen LogP contribution in [-0.4, -0.2) is 86.9 Å². The van der Waals surface area contributed by atoms with Crippen molar-refractivity contribution >= 4 is 29.9 Å². The predicted molar refractivity (Wildman–Crippen MR) is 145 cm³/mol. The average Bonchev–Trinajstić information content (AvgIpc) is 3.63. The molecule has 4 heterocycles. The second-order valence-corrected chi connectivity index (χ2v) is 14.0. The maximum atomic E-state index is 13.9. The fraction of sp³-hybridized carbons (Fsp3) is 0.615. The molecule has 212 valence electrons. The van der Waals surface area contributed by atoms with E-state index in [2.05, 4.69) is 30.8 Å². The molecule has 9 nitrogen and oxygen atoms in total. The Balaban J connectivity index is 1.18. The van der Waals surface area contributed by atoms with Gasteiger partial charge in [0.2, 0.25) is 5.96 Å². The van der Waals surface area contributed by atoms with Crippen LogP contribution in [0.5, 0.6) is 5.75 Å². The van der Waals surface area contributed by atoms with Gasteiger partial charge in [0.25, 0.3) is 0 Å². The number of nitrogens with one attached hydrogen (secondary N) is 3. The lowest BCUT2D eigenvalue weighted by atomic mass is 9.96. The Morgan fingerprint density at radius 3 is 2.56 bits per heavy atom. The number of guanidine groups is 1. The van der Waals surface area contributed by atoms with Crippen LogP contribution in [0.25, 0.3) is 0 Å². The Bertz CT molecular complexity index is 1230. The summed E-state index contributed by atoms with van der Waals surface area (Å²) in [6, 6.07) is 6.08. The third-order valence-electron chi connectivity index (χ3n) is 8.21. The van der Waals surface area contributed by atoms with Gasteiger partial charge >= 0.3 is 6.18 Å². The molecule has 6 rings (SSSR count). The number of fused-ring (bicyclic) bond motifs is 1. The zero-order valence-corrected chi connectivity index (χ0v) is 22.7. The summed E-state index contributed by atoms with van der Waals surface area (Å²) >= 11 is 0. The smallest absolute Gasteiger partial charge is 0.414 e.